The van der Waals surface area contributed by atoms with Crippen LogP contribution in [0.2, 0.25) is 0 Å². The third kappa shape index (κ3) is 6.44. The van der Waals surface area contributed by atoms with Crippen LogP contribution in [0.25, 0.3) is 11.3 Å². The van der Waals surface area contributed by atoms with Gasteiger partial charge in [0, 0.05) is 24.3 Å². The second-order valence-corrected chi connectivity index (χ2v) is 6.23. The number of carboxylic acid groups (broad SMARTS) is 1. The number of nitrogens with one attached hydrogen (secondary N) is 2. The lowest BCUT2D eigenvalue weighted by Gasteiger charge is -2.02. The van der Waals surface area contributed by atoms with Crippen LogP contribution in [-0.4, -0.2) is 40.8 Å². The van der Waals surface area contributed by atoms with Crippen molar-refractivity contribution in [1.82, 2.24) is 10.3 Å². The molecular weight excluding hydrogens is 356 g/mol. The number of amides is 2. The van der Waals surface area contributed by atoms with Crippen molar-refractivity contribution in [1.29, 1.82) is 0 Å². The van der Waals surface area contributed by atoms with Gasteiger partial charge < -0.3 is 10.4 Å². The number of ketones is 1. The number of rotatable bonds is 8. The SMILES string of the molecule is CC(=O)Nc1nc(-c2ccc(CCC(=O)CN=CNC(=O)O)cc2)cs1. The van der Waals surface area contributed by atoms with Crippen LogP contribution in [0.5, 0.6) is 0 Å². The molecule has 136 valence electrons. The first-order valence-electron chi connectivity index (χ1n) is 7.76. The lowest BCUT2D eigenvalue weighted by Crippen LogP contribution is -2.19. The lowest BCUT2D eigenvalue weighted by molar-refractivity contribution is -0.117. The highest BCUT2D eigenvalue weighted by atomic mass is 32.1. The maximum absolute atomic E-state index is 11.7. The minimum atomic E-state index is -1.22. The molecule has 0 fully saturated rings. The number of aryl methyl sites for hydroxylation is 1. The molecule has 0 atom stereocenters. The van der Waals surface area contributed by atoms with E-state index in [-0.39, 0.29) is 18.2 Å². The van der Waals surface area contributed by atoms with Crippen LogP contribution in [-0.2, 0) is 16.0 Å². The molecular formula is C17H18N4O4S. The number of carbonyl (C=O) groups excluding carboxylic acids is 2. The molecule has 0 saturated heterocycles. The Morgan fingerprint density at radius 3 is 2.65 bits per heavy atom. The van der Waals surface area contributed by atoms with Gasteiger partial charge in [-0.1, -0.05) is 24.3 Å². The van der Waals surface area contributed by atoms with E-state index in [9.17, 15) is 14.4 Å². The van der Waals surface area contributed by atoms with Gasteiger partial charge in [-0.3, -0.25) is 19.9 Å². The van der Waals surface area contributed by atoms with Gasteiger partial charge in [-0.15, -0.1) is 11.3 Å². The summed E-state index contributed by atoms with van der Waals surface area (Å²) in [4.78, 5) is 41.0. The van der Waals surface area contributed by atoms with E-state index >= 15 is 0 Å². The first-order valence-corrected chi connectivity index (χ1v) is 8.64. The summed E-state index contributed by atoms with van der Waals surface area (Å²) in [5.41, 5.74) is 2.71. The predicted molar refractivity (Wildman–Crippen MR) is 99.7 cm³/mol. The zero-order chi connectivity index (χ0) is 18.9. The van der Waals surface area contributed by atoms with Crippen molar-refractivity contribution in [2.75, 3.05) is 11.9 Å². The van der Waals surface area contributed by atoms with Crippen LogP contribution >= 0.6 is 11.3 Å². The van der Waals surface area contributed by atoms with Crippen molar-refractivity contribution in [3.8, 4) is 11.3 Å². The monoisotopic (exact) mass is 374 g/mol. The Balaban J connectivity index is 1.84. The van der Waals surface area contributed by atoms with E-state index < -0.39 is 6.09 Å². The number of Topliss-reactive ketones (excluding diaryl/α,β-unsaturated/α-hetero) is 1. The van der Waals surface area contributed by atoms with Gasteiger partial charge in [-0.05, 0) is 12.0 Å². The van der Waals surface area contributed by atoms with Crippen molar-refractivity contribution < 1.29 is 19.5 Å². The molecule has 26 heavy (non-hydrogen) atoms. The number of nitrogens with zero attached hydrogens (tertiary/aromatic N) is 2. The number of hydrogen-bond acceptors (Lipinski definition) is 6. The lowest BCUT2D eigenvalue weighted by atomic mass is 10.0. The largest absolute Gasteiger partial charge is 0.465 e. The summed E-state index contributed by atoms with van der Waals surface area (Å²) >= 11 is 1.36. The van der Waals surface area contributed by atoms with E-state index in [4.69, 9.17) is 5.11 Å². The Bertz CT molecular complexity index is 814. The van der Waals surface area contributed by atoms with E-state index in [0.717, 1.165) is 23.2 Å². The standard InChI is InChI=1S/C17H18N4O4S/c1-11(22)20-16-21-15(9-26-16)13-5-2-12(3-6-13)4-7-14(23)8-18-10-19-17(24)25/h2-3,5-6,9-10H,4,7-8H2,1H3,(H,18,19)(H,24,25)(H,20,21,22). The van der Waals surface area contributed by atoms with E-state index in [1.807, 2.05) is 35.0 Å². The van der Waals surface area contributed by atoms with Gasteiger partial charge in [-0.2, -0.15) is 0 Å². The van der Waals surface area contributed by atoms with Crippen molar-refractivity contribution in [3.05, 3.63) is 35.2 Å². The Hall–Kier alpha value is -3.07. The Morgan fingerprint density at radius 1 is 1.27 bits per heavy atom. The number of anilines is 1. The second-order valence-electron chi connectivity index (χ2n) is 5.37. The molecule has 0 aliphatic carbocycles. The third-order valence-corrected chi connectivity index (χ3v) is 4.03. The maximum Gasteiger partial charge on any atom is 0.409 e. The molecule has 0 bridgehead atoms. The van der Waals surface area contributed by atoms with Crippen molar-refractivity contribution in [2.24, 2.45) is 4.99 Å². The normalized spacial score (nSPS) is 10.7. The van der Waals surface area contributed by atoms with Crippen LogP contribution < -0.4 is 10.6 Å². The van der Waals surface area contributed by atoms with Crippen LogP contribution in [0.15, 0.2) is 34.6 Å². The summed E-state index contributed by atoms with van der Waals surface area (Å²) in [5, 5.41) is 15.4. The fourth-order valence-corrected chi connectivity index (χ4v) is 2.83. The topological polar surface area (TPSA) is 121 Å². The molecule has 1 heterocycles. The van der Waals surface area contributed by atoms with Crippen LogP contribution in [0.1, 0.15) is 18.9 Å². The zero-order valence-electron chi connectivity index (χ0n) is 14.1. The molecule has 9 heteroatoms. The van der Waals surface area contributed by atoms with Crippen molar-refractivity contribution in [3.63, 3.8) is 0 Å². The van der Waals surface area contributed by atoms with Gasteiger partial charge in [0.25, 0.3) is 0 Å². The number of aromatic nitrogens is 1. The van der Waals surface area contributed by atoms with Gasteiger partial charge in [0.1, 0.15) is 0 Å². The fourth-order valence-electron chi connectivity index (χ4n) is 2.07. The van der Waals surface area contributed by atoms with Crippen LogP contribution in [0.3, 0.4) is 0 Å². The summed E-state index contributed by atoms with van der Waals surface area (Å²) < 4.78 is 0. The maximum atomic E-state index is 11.7. The fraction of sp³-hybridized carbons (Fsp3) is 0.235. The molecule has 2 amide bonds. The second kappa shape index (κ2) is 9.42. The van der Waals surface area contributed by atoms with E-state index in [0.29, 0.717) is 18.0 Å². The summed E-state index contributed by atoms with van der Waals surface area (Å²) in [7, 11) is 0. The van der Waals surface area contributed by atoms with Gasteiger partial charge in [0.05, 0.1) is 18.6 Å². The van der Waals surface area contributed by atoms with Crippen molar-refractivity contribution in [2.45, 2.75) is 19.8 Å². The quantitative estimate of drug-likeness (QED) is 0.484. The molecule has 1 aromatic carbocycles. The van der Waals surface area contributed by atoms with Crippen molar-refractivity contribution >= 4 is 40.6 Å². The highest BCUT2D eigenvalue weighted by molar-refractivity contribution is 7.14. The van der Waals surface area contributed by atoms with E-state index in [1.54, 1.807) is 0 Å². The smallest absolute Gasteiger partial charge is 0.409 e. The Morgan fingerprint density at radius 2 is 2.00 bits per heavy atom. The van der Waals surface area contributed by atoms with E-state index in [2.05, 4.69) is 15.3 Å². The summed E-state index contributed by atoms with van der Waals surface area (Å²) in [6.45, 7) is 1.38. The van der Waals surface area contributed by atoms with Gasteiger partial charge in [0.2, 0.25) is 5.91 Å². The molecule has 0 spiro atoms. The summed E-state index contributed by atoms with van der Waals surface area (Å²) in [6.07, 6.45) is 0.686. The first-order chi connectivity index (χ1) is 12.4. The molecule has 0 radical (unpaired) electrons. The molecule has 0 unspecified atom stereocenters. The third-order valence-electron chi connectivity index (χ3n) is 3.28. The highest BCUT2D eigenvalue weighted by Crippen LogP contribution is 2.25. The number of thiazole rings is 1. The predicted octanol–water partition coefficient (Wildman–Crippen LogP) is 2.57. The number of aliphatic imine (C=N–C) groups is 1. The molecule has 1 aromatic heterocycles. The molecule has 3 N–H and O–H groups in total. The minimum absolute atomic E-state index is 0.0525. The van der Waals surface area contributed by atoms with Gasteiger partial charge in [-0.25, -0.2) is 9.78 Å². The highest BCUT2D eigenvalue weighted by Gasteiger charge is 2.06. The number of carbonyl (C=O) groups is 3. The first kappa shape index (κ1) is 19.3. The average Bonchev–Trinajstić information content (AvgIpc) is 3.05. The van der Waals surface area contributed by atoms with E-state index in [1.165, 1.54) is 18.3 Å². The Labute approximate surface area is 154 Å². The van der Waals surface area contributed by atoms with Gasteiger partial charge in [0.15, 0.2) is 10.9 Å². The molecule has 0 aliphatic heterocycles. The zero-order valence-corrected chi connectivity index (χ0v) is 14.9. The molecule has 0 saturated carbocycles. The van der Waals surface area contributed by atoms with Crippen LogP contribution in [0.4, 0.5) is 9.93 Å². The summed E-state index contributed by atoms with van der Waals surface area (Å²) in [6, 6.07) is 7.69. The Kier molecular flexibility index (Phi) is 6.98. The van der Waals surface area contributed by atoms with Gasteiger partial charge >= 0.3 is 6.09 Å². The minimum Gasteiger partial charge on any atom is -0.465 e. The molecule has 2 aromatic rings. The average molecular weight is 374 g/mol. The number of hydrogen-bond donors (Lipinski definition) is 3. The number of benzene rings is 1. The molecule has 0 aliphatic rings. The summed E-state index contributed by atoms with van der Waals surface area (Å²) in [5.74, 6) is -0.231. The van der Waals surface area contributed by atoms with Crippen LogP contribution in [0, 0.1) is 0 Å². The molecule has 2 rings (SSSR count). The molecule has 8 nitrogen and oxygen atoms in total.